The van der Waals surface area contributed by atoms with E-state index >= 15 is 0 Å². The molecule has 0 rings (SSSR count). The zero-order valence-corrected chi connectivity index (χ0v) is 8.17. The number of nitrogens with one attached hydrogen (secondary N) is 2. The van der Waals surface area contributed by atoms with Crippen LogP contribution in [0.3, 0.4) is 0 Å². The molecule has 0 aliphatic rings. The van der Waals surface area contributed by atoms with Gasteiger partial charge >= 0.3 is 5.97 Å². The molecule has 6 heteroatoms. The summed E-state index contributed by atoms with van der Waals surface area (Å²) in [4.78, 5) is 17.2. The lowest BCUT2D eigenvalue weighted by Gasteiger charge is -2.14. The highest BCUT2D eigenvalue weighted by Gasteiger charge is 2.04. The molecule has 0 atom stereocenters. The maximum absolute atomic E-state index is 10.8. The summed E-state index contributed by atoms with van der Waals surface area (Å²) < 4.78 is 0. The standard InChI is InChI=1S/C7H18N4O2/c1-9-4-6-11(2)5-3-7(12)13-10-8/h9-10H,3-6,8H2,1-2H3. The van der Waals surface area contributed by atoms with Crippen molar-refractivity contribution in [3.63, 3.8) is 0 Å². The highest BCUT2D eigenvalue weighted by Crippen LogP contribution is 1.88. The van der Waals surface area contributed by atoms with Gasteiger partial charge in [-0.2, -0.15) is 0 Å². The first kappa shape index (κ1) is 12.3. The van der Waals surface area contributed by atoms with Crippen molar-refractivity contribution in [3.8, 4) is 0 Å². The van der Waals surface area contributed by atoms with E-state index in [4.69, 9.17) is 5.84 Å². The van der Waals surface area contributed by atoms with Crippen molar-refractivity contribution in [3.05, 3.63) is 0 Å². The Morgan fingerprint density at radius 3 is 2.77 bits per heavy atom. The molecule has 0 bridgehead atoms. The van der Waals surface area contributed by atoms with Gasteiger partial charge < -0.3 is 15.1 Å². The van der Waals surface area contributed by atoms with Crippen LogP contribution in [0.25, 0.3) is 0 Å². The van der Waals surface area contributed by atoms with Gasteiger partial charge in [-0.15, -0.1) is 0 Å². The Hall–Kier alpha value is -0.690. The molecule has 78 valence electrons. The fourth-order valence-corrected chi connectivity index (χ4v) is 0.813. The number of nitrogens with zero attached hydrogens (tertiary/aromatic N) is 1. The first-order chi connectivity index (χ1) is 6.20. The second kappa shape index (κ2) is 7.93. The number of hydrogen-bond donors (Lipinski definition) is 3. The summed E-state index contributed by atoms with van der Waals surface area (Å²) in [6.07, 6.45) is 0.338. The van der Waals surface area contributed by atoms with E-state index in [2.05, 4.69) is 10.2 Å². The topological polar surface area (TPSA) is 79.6 Å². The molecule has 0 spiro atoms. The van der Waals surface area contributed by atoms with E-state index in [1.807, 2.05) is 24.6 Å². The number of hydrazine groups is 1. The molecule has 0 aromatic carbocycles. The third-order valence-electron chi connectivity index (χ3n) is 1.61. The smallest absolute Gasteiger partial charge is 0.327 e. The maximum atomic E-state index is 10.8. The molecule has 0 radical (unpaired) electrons. The third-order valence-corrected chi connectivity index (χ3v) is 1.61. The van der Waals surface area contributed by atoms with Gasteiger partial charge in [-0.3, -0.25) is 4.79 Å². The lowest BCUT2D eigenvalue weighted by Crippen LogP contribution is -2.31. The zero-order chi connectivity index (χ0) is 10.1. The Morgan fingerprint density at radius 2 is 2.23 bits per heavy atom. The van der Waals surface area contributed by atoms with Gasteiger partial charge in [0, 0.05) is 19.6 Å². The Kier molecular flexibility index (Phi) is 7.51. The van der Waals surface area contributed by atoms with Gasteiger partial charge in [0.1, 0.15) is 0 Å². The molecule has 0 saturated carbocycles. The number of rotatable bonds is 7. The van der Waals surface area contributed by atoms with E-state index in [1.54, 1.807) is 0 Å². The van der Waals surface area contributed by atoms with Crippen LogP contribution in [0.4, 0.5) is 0 Å². The van der Waals surface area contributed by atoms with Crippen LogP contribution in [0.15, 0.2) is 0 Å². The fourth-order valence-electron chi connectivity index (χ4n) is 0.813. The number of nitrogens with two attached hydrogens (primary N) is 1. The highest BCUT2D eigenvalue weighted by molar-refractivity contribution is 5.69. The summed E-state index contributed by atoms with van der Waals surface area (Å²) in [6.45, 7) is 2.47. The zero-order valence-electron chi connectivity index (χ0n) is 8.17. The largest absolute Gasteiger partial charge is 0.356 e. The minimum Gasteiger partial charge on any atom is -0.356 e. The Balaban J connectivity index is 3.34. The summed E-state index contributed by atoms with van der Waals surface area (Å²) in [5.41, 5.74) is 1.85. The van der Waals surface area contributed by atoms with Crippen molar-refractivity contribution >= 4 is 5.97 Å². The Bertz CT molecular complexity index is 142. The molecule has 0 fully saturated rings. The first-order valence-corrected chi connectivity index (χ1v) is 4.19. The van der Waals surface area contributed by atoms with Gasteiger partial charge in [-0.1, -0.05) is 5.59 Å². The molecule has 0 aliphatic carbocycles. The van der Waals surface area contributed by atoms with E-state index < -0.39 is 0 Å². The summed E-state index contributed by atoms with van der Waals surface area (Å²) in [5, 5.41) is 3.02. The van der Waals surface area contributed by atoms with Crippen LogP contribution in [0, 0.1) is 0 Å². The fraction of sp³-hybridized carbons (Fsp3) is 0.857. The van der Waals surface area contributed by atoms with E-state index in [0.717, 1.165) is 13.1 Å². The Morgan fingerprint density at radius 1 is 1.54 bits per heavy atom. The van der Waals surface area contributed by atoms with Crippen LogP contribution in [-0.4, -0.2) is 44.6 Å². The third kappa shape index (κ3) is 7.66. The summed E-state index contributed by atoms with van der Waals surface area (Å²) in [6, 6.07) is 0. The van der Waals surface area contributed by atoms with Gasteiger partial charge in [0.05, 0.1) is 6.42 Å². The molecule has 0 aliphatic heterocycles. The van der Waals surface area contributed by atoms with E-state index in [1.165, 1.54) is 0 Å². The Labute approximate surface area is 78.3 Å². The predicted octanol–water partition coefficient (Wildman–Crippen LogP) is -1.55. The van der Waals surface area contributed by atoms with Crippen molar-refractivity contribution in [2.45, 2.75) is 6.42 Å². The van der Waals surface area contributed by atoms with Crippen LogP contribution >= 0.6 is 0 Å². The molecule has 0 heterocycles. The van der Waals surface area contributed by atoms with Gasteiger partial charge in [-0.25, -0.2) is 5.84 Å². The highest BCUT2D eigenvalue weighted by atomic mass is 16.7. The summed E-state index contributed by atoms with van der Waals surface area (Å²) >= 11 is 0. The lowest BCUT2D eigenvalue weighted by molar-refractivity contribution is -0.151. The summed E-state index contributed by atoms with van der Waals surface area (Å²) in [7, 11) is 3.83. The van der Waals surface area contributed by atoms with Gasteiger partial charge in [0.15, 0.2) is 0 Å². The van der Waals surface area contributed by atoms with Crippen LogP contribution in [0.1, 0.15) is 6.42 Å². The maximum Gasteiger partial charge on any atom is 0.327 e. The average molecular weight is 190 g/mol. The minimum atomic E-state index is -0.348. The lowest BCUT2D eigenvalue weighted by atomic mass is 10.4. The molecule has 13 heavy (non-hydrogen) atoms. The van der Waals surface area contributed by atoms with Crippen LogP contribution in [-0.2, 0) is 9.63 Å². The number of carbonyl (C=O) groups excluding carboxylic acids is 1. The second-order valence-electron chi connectivity index (χ2n) is 2.75. The molecule has 0 saturated heterocycles. The molecule has 6 nitrogen and oxygen atoms in total. The molecule has 0 unspecified atom stereocenters. The number of hydrogen-bond acceptors (Lipinski definition) is 6. The van der Waals surface area contributed by atoms with Crippen molar-refractivity contribution in [1.82, 2.24) is 15.8 Å². The van der Waals surface area contributed by atoms with Crippen molar-refractivity contribution in [2.24, 2.45) is 5.84 Å². The quantitative estimate of drug-likeness (QED) is 0.333. The van der Waals surface area contributed by atoms with Gasteiger partial charge in [0.25, 0.3) is 0 Å². The number of likely N-dealkylation sites (N-methyl/N-ethyl adjacent to an activating group) is 2. The average Bonchev–Trinajstić information content (AvgIpc) is 2.12. The molecule has 4 N–H and O–H groups in total. The molecule has 0 amide bonds. The molecular formula is C7H18N4O2. The van der Waals surface area contributed by atoms with E-state index in [0.29, 0.717) is 13.0 Å². The molecule has 0 aromatic rings. The number of carbonyl (C=O) groups is 1. The first-order valence-electron chi connectivity index (χ1n) is 4.19. The van der Waals surface area contributed by atoms with Crippen molar-refractivity contribution in [1.29, 1.82) is 0 Å². The van der Waals surface area contributed by atoms with Crippen molar-refractivity contribution < 1.29 is 9.63 Å². The summed E-state index contributed by atoms with van der Waals surface area (Å²) in [5.74, 6) is 4.45. The van der Waals surface area contributed by atoms with Crippen LogP contribution in [0.5, 0.6) is 0 Å². The van der Waals surface area contributed by atoms with Crippen LogP contribution in [0.2, 0.25) is 0 Å². The molecule has 0 aromatic heterocycles. The SMILES string of the molecule is CNCCN(C)CCC(=O)ONN. The minimum absolute atomic E-state index is 0.338. The second-order valence-corrected chi connectivity index (χ2v) is 2.75. The van der Waals surface area contributed by atoms with Crippen LogP contribution < -0.4 is 16.7 Å². The van der Waals surface area contributed by atoms with E-state index in [9.17, 15) is 4.79 Å². The predicted molar refractivity (Wildman–Crippen MR) is 49.5 cm³/mol. The van der Waals surface area contributed by atoms with Gasteiger partial charge in [-0.05, 0) is 14.1 Å². The van der Waals surface area contributed by atoms with Crippen molar-refractivity contribution in [2.75, 3.05) is 33.7 Å². The van der Waals surface area contributed by atoms with Gasteiger partial charge in [0.2, 0.25) is 0 Å². The monoisotopic (exact) mass is 190 g/mol. The normalized spacial score (nSPS) is 10.5. The molecular weight excluding hydrogens is 172 g/mol. The van der Waals surface area contributed by atoms with E-state index in [-0.39, 0.29) is 5.97 Å².